The third kappa shape index (κ3) is 5.21. The Morgan fingerprint density at radius 1 is 0.867 bits per heavy atom. The van der Waals surface area contributed by atoms with Crippen LogP contribution in [0.1, 0.15) is 35.6 Å². The van der Waals surface area contributed by atoms with E-state index in [0.29, 0.717) is 0 Å². The Hall–Kier alpha value is -2.82. The van der Waals surface area contributed by atoms with Gasteiger partial charge in [0.15, 0.2) is 11.5 Å². The molecule has 156 valence electrons. The van der Waals surface area contributed by atoms with Crippen LogP contribution in [0, 0.1) is 0 Å². The summed E-state index contributed by atoms with van der Waals surface area (Å²) in [5.74, 6) is -0.126. The van der Waals surface area contributed by atoms with Gasteiger partial charge in [0.1, 0.15) is 6.10 Å². The summed E-state index contributed by atoms with van der Waals surface area (Å²) in [5.41, 5.74) is 3.39. The third-order valence-corrected chi connectivity index (χ3v) is 5.75. The first-order chi connectivity index (χ1) is 14.7. The van der Waals surface area contributed by atoms with Crippen LogP contribution in [0.4, 0.5) is 0 Å². The zero-order valence-corrected chi connectivity index (χ0v) is 17.2. The highest BCUT2D eigenvalue weighted by atomic mass is 16.5. The van der Waals surface area contributed by atoms with Crippen molar-refractivity contribution in [1.82, 2.24) is 4.90 Å². The molecule has 0 aromatic heterocycles. The van der Waals surface area contributed by atoms with Crippen molar-refractivity contribution in [3.8, 4) is 11.5 Å². The van der Waals surface area contributed by atoms with Gasteiger partial charge in [-0.15, -0.1) is 0 Å². The number of phenols is 2. The second-order valence-electron chi connectivity index (χ2n) is 7.98. The van der Waals surface area contributed by atoms with Gasteiger partial charge in [-0.25, -0.2) is 0 Å². The van der Waals surface area contributed by atoms with Gasteiger partial charge in [-0.2, -0.15) is 0 Å². The molecule has 3 aromatic rings. The molecule has 0 aliphatic carbocycles. The molecule has 3 aromatic carbocycles. The van der Waals surface area contributed by atoms with Gasteiger partial charge in [0.2, 0.25) is 0 Å². The van der Waals surface area contributed by atoms with Crippen molar-refractivity contribution in [2.24, 2.45) is 0 Å². The van der Waals surface area contributed by atoms with E-state index in [1.54, 1.807) is 12.1 Å². The average molecular weight is 404 g/mol. The molecule has 4 rings (SSSR count). The lowest BCUT2D eigenvalue weighted by atomic mass is 10.00. The van der Waals surface area contributed by atoms with E-state index in [1.165, 1.54) is 11.1 Å². The number of ether oxygens (including phenoxy) is 1. The molecule has 1 aliphatic heterocycles. The number of hydrogen-bond donors (Lipinski definition) is 2. The van der Waals surface area contributed by atoms with Gasteiger partial charge in [0.05, 0.1) is 6.10 Å². The molecule has 2 N–H and O–H groups in total. The summed E-state index contributed by atoms with van der Waals surface area (Å²) in [7, 11) is 0. The number of piperidine rings is 1. The number of aromatic hydroxyl groups is 2. The lowest BCUT2D eigenvalue weighted by Gasteiger charge is -2.35. The molecule has 1 saturated heterocycles. The predicted octanol–water partition coefficient (Wildman–Crippen LogP) is 4.91. The molecule has 1 fully saturated rings. The van der Waals surface area contributed by atoms with Crippen LogP contribution in [0.3, 0.4) is 0 Å². The van der Waals surface area contributed by atoms with Crippen LogP contribution in [0.25, 0.3) is 0 Å². The van der Waals surface area contributed by atoms with E-state index < -0.39 is 0 Å². The van der Waals surface area contributed by atoms with Crippen LogP contribution in [-0.4, -0.2) is 40.9 Å². The van der Waals surface area contributed by atoms with Crippen molar-refractivity contribution in [3.63, 3.8) is 0 Å². The van der Waals surface area contributed by atoms with E-state index in [0.717, 1.165) is 44.5 Å². The lowest BCUT2D eigenvalue weighted by molar-refractivity contribution is -0.0330. The quantitative estimate of drug-likeness (QED) is 0.551. The second-order valence-corrected chi connectivity index (χ2v) is 7.98. The maximum absolute atomic E-state index is 9.71. The summed E-state index contributed by atoms with van der Waals surface area (Å²) >= 11 is 0. The van der Waals surface area contributed by atoms with Gasteiger partial charge in [-0.3, -0.25) is 0 Å². The summed E-state index contributed by atoms with van der Waals surface area (Å²) in [6, 6.07) is 25.9. The van der Waals surface area contributed by atoms with Crippen molar-refractivity contribution in [1.29, 1.82) is 0 Å². The predicted molar refractivity (Wildman–Crippen MR) is 119 cm³/mol. The fourth-order valence-corrected chi connectivity index (χ4v) is 4.14. The number of phenolic OH excluding ortho intramolecular Hbond substituents is 2. The highest BCUT2D eigenvalue weighted by Gasteiger charge is 2.25. The van der Waals surface area contributed by atoms with E-state index in [2.05, 4.69) is 53.4 Å². The number of likely N-dealkylation sites (tertiary alicyclic amines) is 1. The average Bonchev–Trinajstić information content (AvgIpc) is 2.80. The Bertz CT molecular complexity index is 890. The van der Waals surface area contributed by atoms with Gasteiger partial charge >= 0.3 is 0 Å². The minimum Gasteiger partial charge on any atom is -0.504 e. The molecule has 0 saturated carbocycles. The summed E-state index contributed by atoms with van der Waals surface area (Å²) in [6.45, 7) is 2.87. The highest BCUT2D eigenvalue weighted by Crippen LogP contribution is 2.30. The van der Waals surface area contributed by atoms with E-state index in [1.807, 2.05) is 18.2 Å². The molecule has 30 heavy (non-hydrogen) atoms. The maximum atomic E-state index is 9.71. The Balaban J connectivity index is 1.40. The molecule has 0 bridgehead atoms. The number of nitrogens with zero attached hydrogens (tertiary/aromatic N) is 1. The molecular weight excluding hydrogens is 374 g/mol. The topological polar surface area (TPSA) is 52.9 Å². The summed E-state index contributed by atoms with van der Waals surface area (Å²) in [4.78, 5) is 2.44. The zero-order chi connectivity index (χ0) is 20.8. The first-order valence-electron chi connectivity index (χ1n) is 10.7. The van der Waals surface area contributed by atoms with Gasteiger partial charge < -0.3 is 19.8 Å². The van der Waals surface area contributed by atoms with Crippen molar-refractivity contribution in [2.45, 2.75) is 31.5 Å². The Kier molecular flexibility index (Phi) is 6.67. The molecule has 1 atom stereocenters. The Morgan fingerprint density at radius 3 is 2.17 bits per heavy atom. The summed E-state index contributed by atoms with van der Waals surface area (Å²) in [5, 5.41) is 19.2. The van der Waals surface area contributed by atoms with Crippen molar-refractivity contribution in [3.05, 3.63) is 95.6 Å². The normalized spacial score (nSPS) is 17.3. The third-order valence-electron chi connectivity index (χ3n) is 5.75. The molecule has 1 heterocycles. The fourth-order valence-electron chi connectivity index (χ4n) is 4.14. The van der Waals surface area contributed by atoms with Crippen molar-refractivity contribution >= 4 is 0 Å². The van der Waals surface area contributed by atoms with Gasteiger partial charge in [0, 0.05) is 13.1 Å². The molecule has 0 radical (unpaired) electrons. The van der Waals surface area contributed by atoms with Crippen molar-refractivity contribution in [2.75, 3.05) is 19.6 Å². The molecule has 4 heteroatoms. The highest BCUT2D eigenvalue weighted by molar-refractivity contribution is 5.40. The van der Waals surface area contributed by atoms with Crippen LogP contribution in [0.15, 0.2) is 78.9 Å². The number of hydrogen-bond acceptors (Lipinski definition) is 4. The smallest absolute Gasteiger partial charge is 0.157 e. The Morgan fingerprint density at radius 2 is 1.53 bits per heavy atom. The first-order valence-corrected chi connectivity index (χ1v) is 10.7. The van der Waals surface area contributed by atoms with E-state index in [4.69, 9.17) is 4.74 Å². The van der Waals surface area contributed by atoms with Crippen LogP contribution in [0.5, 0.6) is 11.5 Å². The molecule has 1 aliphatic rings. The summed E-state index contributed by atoms with van der Waals surface area (Å²) < 4.78 is 6.67. The van der Waals surface area contributed by atoms with Crippen LogP contribution in [0.2, 0.25) is 0 Å². The van der Waals surface area contributed by atoms with Gasteiger partial charge in [0.25, 0.3) is 0 Å². The summed E-state index contributed by atoms with van der Waals surface area (Å²) in [6.07, 6.45) is 3.12. The molecular formula is C26H29NO3. The fraction of sp³-hybridized carbons (Fsp3) is 0.308. The number of benzene rings is 3. The molecule has 0 spiro atoms. The van der Waals surface area contributed by atoms with E-state index in [9.17, 15) is 10.2 Å². The largest absolute Gasteiger partial charge is 0.504 e. The second kappa shape index (κ2) is 9.79. The standard InChI is InChI=1S/C26H29NO3/c28-24-14-13-20(18-25(24)29)15-17-27-16-7-12-23(19-27)30-26(21-8-3-1-4-9-21)22-10-5-2-6-11-22/h1-6,8-11,13-14,18,23,26,28-29H,7,12,15-17,19H2. The monoisotopic (exact) mass is 403 g/mol. The minimum absolute atomic E-state index is 0.0547. The van der Waals surface area contributed by atoms with Gasteiger partial charge in [-0.1, -0.05) is 66.7 Å². The molecule has 1 unspecified atom stereocenters. The molecule has 4 nitrogen and oxygen atoms in total. The van der Waals surface area contributed by atoms with Crippen LogP contribution in [-0.2, 0) is 11.2 Å². The zero-order valence-electron chi connectivity index (χ0n) is 17.2. The lowest BCUT2D eigenvalue weighted by Crippen LogP contribution is -2.41. The first kappa shape index (κ1) is 20.5. The van der Waals surface area contributed by atoms with Crippen LogP contribution < -0.4 is 0 Å². The Labute approximate surface area is 178 Å². The molecule has 0 amide bonds. The maximum Gasteiger partial charge on any atom is 0.157 e. The van der Waals surface area contributed by atoms with Crippen LogP contribution >= 0.6 is 0 Å². The van der Waals surface area contributed by atoms with E-state index in [-0.39, 0.29) is 23.7 Å². The van der Waals surface area contributed by atoms with Crippen molar-refractivity contribution < 1.29 is 14.9 Å². The van der Waals surface area contributed by atoms with E-state index >= 15 is 0 Å². The number of rotatable bonds is 7. The SMILES string of the molecule is Oc1ccc(CCN2CCCC(OC(c3ccccc3)c3ccccc3)C2)cc1O. The minimum atomic E-state index is -0.0712. The van der Waals surface area contributed by atoms with Gasteiger partial charge in [-0.05, 0) is 54.6 Å².